The number of aliphatic carboxylic acids is 1. The summed E-state index contributed by atoms with van der Waals surface area (Å²) in [6.07, 6.45) is 5.71. The second-order valence-corrected chi connectivity index (χ2v) is 7.08. The van der Waals surface area contributed by atoms with Crippen molar-refractivity contribution in [2.75, 3.05) is 18.4 Å². The SMILES string of the molecule is CCCCCN(CCCCC)C(=O)C(CCC(=O)O)C(=O)Nc1ccccc1. The summed E-state index contributed by atoms with van der Waals surface area (Å²) in [6.45, 7) is 5.43. The smallest absolute Gasteiger partial charge is 0.303 e. The molecular formula is C22H34N2O4. The third kappa shape index (κ3) is 9.02. The van der Waals surface area contributed by atoms with Gasteiger partial charge in [-0.15, -0.1) is 0 Å². The zero-order valence-electron chi connectivity index (χ0n) is 17.2. The fourth-order valence-corrected chi connectivity index (χ4v) is 3.04. The minimum absolute atomic E-state index is 0.00485. The van der Waals surface area contributed by atoms with E-state index in [9.17, 15) is 14.4 Å². The van der Waals surface area contributed by atoms with Crippen LogP contribution in [0.1, 0.15) is 65.2 Å². The van der Waals surface area contributed by atoms with Crippen molar-refractivity contribution in [2.24, 2.45) is 5.92 Å². The maximum atomic E-state index is 13.1. The van der Waals surface area contributed by atoms with Gasteiger partial charge in [0.05, 0.1) is 0 Å². The molecule has 28 heavy (non-hydrogen) atoms. The van der Waals surface area contributed by atoms with Crippen LogP contribution in [0.25, 0.3) is 0 Å². The van der Waals surface area contributed by atoms with Gasteiger partial charge in [-0.25, -0.2) is 0 Å². The largest absolute Gasteiger partial charge is 0.481 e. The Kier molecular flexibility index (Phi) is 11.6. The molecule has 0 bridgehead atoms. The lowest BCUT2D eigenvalue weighted by Gasteiger charge is -2.27. The summed E-state index contributed by atoms with van der Waals surface area (Å²) in [7, 11) is 0. The average Bonchev–Trinajstić information content (AvgIpc) is 2.67. The van der Waals surface area contributed by atoms with Crippen molar-refractivity contribution >= 4 is 23.5 Å². The highest BCUT2D eigenvalue weighted by molar-refractivity contribution is 6.06. The van der Waals surface area contributed by atoms with Gasteiger partial charge in [-0.1, -0.05) is 57.7 Å². The molecule has 2 amide bonds. The number of hydrogen-bond acceptors (Lipinski definition) is 3. The Morgan fingerprint density at radius 3 is 2.04 bits per heavy atom. The quantitative estimate of drug-likeness (QED) is 0.366. The van der Waals surface area contributed by atoms with Gasteiger partial charge in [-0.3, -0.25) is 14.4 Å². The lowest BCUT2D eigenvalue weighted by molar-refractivity contribution is -0.142. The Hall–Kier alpha value is -2.37. The number of benzene rings is 1. The lowest BCUT2D eigenvalue weighted by Crippen LogP contribution is -2.42. The van der Waals surface area contributed by atoms with Crippen molar-refractivity contribution in [3.05, 3.63) is 30.3 Å². The van der Waals surface area contributed by atoms with E-state index in [4.69, 9.17) is 5.11 Å². The molecule has 1 aromatic carbocycles. The number of nitrogens with zero attached hydrogens (tertiary/aromatic N) is 1. The molecule has 0 fully saturated rings. The van der Waals surface area contributed by atoms with Crippen molar-refractivity contribution in [2.45, 2.75) is 65.2 Å². The molecule has 1 atom stereocenters. The standard InChI is InChI=1S/C22H34N2O4/c1-3-5-10-16-24(17-11-6-4-2)22(28)19(14-15-20(25)26)21(27)23-18-12-8-7-9-13-18/h7-9,12-13,19H,3-6,10-11,14-17H2,1-2H3,(H,23,27)(H,25,26). The molecule has 0 aliphatic rings. The van der Waals surface area contributed by atoms with Crippen LogP contribution in [-0.4, -0.2) is 40.9 Å². The maximum Gasteiger partial charge on any atom is 0.303 e. The zero-order valence-corrected chi connectivity index (χ0v) is 17.2. The second-order valence-electron chi connectivity index (χ2n) is 7.08. The number of hydrogen-bond donors (Lipinski definition) is 2. The highest BCUT2D eigenvalue weighted by atomic mass is 16.4. The Bertz CT molecular complexity index is 594. The predicted molar refractivity (Wildman–Crippen MR) is 111 cm³/mol. The van der Waals surface area contributed by atoms with E-state index in [-0.39, 0.29) is 18.7 Å². The first kappa shape index (κ1) is 23.7. The van der Waals surface area contributed by atoms with Crippen LogP contribution in [0.5, 0.6) is 0 Å². The van der Waals surface area contributed by atoms with E-state index in [0.29, 0.717) is 18.8 Å². The van der Waals surface area contributed by atoms with Crippen LogP contribution < -0.4 is 5.32 Å². The number of carbonyl (C=O) groups is 3. The van der Waals surface area contributed by atoms with Gasteiger partial charge in [-0.05, 0) is 31.4 Å². The fourth-order valence-electron chi connectivity index (χ4n) is 3.04. The molecule has 0 spiro atoms. The molecule has 1 aromatic rings. The highest BCUT2D eigenvalue weighted by Gasteiger charge is 2.31. The lowest BCUT2D eigenvalue weighted by atomic mass is 9.99. The molecule has 6 nitrogen and oxygen atoms in total. The van der Waals surface area contributed by atoms with E-state index in [1.165, 1.54) is 0 Å². The number of carboxylic acids is 1. The molecule has 0 saturated heterocycles. The maximum absolute atomic E-state index is 13.1. The van der Waals surface area contributed by atoms with Crippen LogP contribution in [0.2, 0.25) is 0 Å². The van der Waals surface area contributed by atoms with E-state index in [2.05, 4.69) is 19.2 Å². The number of para-hydroxylation sites is 1. The highest BCUT2D eigenvalue weighted by Crippen LogP contribution is 2.17. The van der Waals surface area contributed by atoms with Gasteiger partial charge in [0, 0.05) is 25.2 Å². The number of anilines is 1. The molecule has 0 aliphatic carbocycles. The van der Waals surface area contributed by atoms with E-state index in [1.807, 2.05) is 6.07 Å². The summed E-state index contributed by atoms with van der Waals surface area (Å²) >= 11 is 0. The number of unbranched alkanes of at least 4 members (excludes halogenated alkanes) is 4. The van der Waals surface area contributed by atoms with Crippen LogP contribution in [0.3, 0.4) is 0 Å². The van der Waals surface area contributed by atoms with Crippen LogP contribution in [0.15, 0.2) is 30.3 Å². The first-order chi connectivity index (χ1) is 13.5. The van der Waals surface area contributed by atoms with Gasteiger partial charge < -0.3 is 15.3 Å². The monoisotopic (exact) mass is 390 g/mol. The number of amides is 2. The number of nitrogens with one attached hydrogen (secondary N) is 1. The van der Waals surface area contributed by atoms with E-state index in [1.54, 1.807) is 29.2 Å². The Morgan fingerprint density at radius 1 is 0.964 bits per heavy atom. The molecule has 0 saturated carbocycles. The van der Waals surface area contributed by atoms with Crippen LogP contribution in [0.4, 0.5) is 5.69 Å². The van der Waals surface area contributed by atoms with E-state index in [0.717, 1.165) is 38.5 Å². The third-order valence-electron chi connectivity index (χ3n) is 4.68. The van der Waals surface area contributed by atoms with Crippen LogP contribution in [0, 0.1) is 5.92 Å². The summed E-state index contributed by atoms with van der Waals surface area (Å²) in [4.78, 5) is 38.7. The van der Waals surface area contributed by atoms with Gasteiger partial charge in [-0.2, -0.15) is 0 Å². The van der Waals surface area contributed by atoms with Crippen molar-refractivity contribution in [3.8, 4) is 0 Å². The number of carbonyl (C=O) groups excluding carboxylic acids is 2. The van der Waals surface area contributed by atoms with Gasteiger partial charge in [0.1, 0.15) is 5.92 Å². The minimum atomic E-state index is -1.01. The van der Waals surface area contributed by atoms with Gasteiger partial charge in [0.15, 0.2) is 0 Å². The van der Waals surface area contributed by atoms with Gasteiger partial charge in [0.2, 0.25) is 11.8 Å². The topological polar surface area (TPSA) is 86.7 Å². The molecule has 1 rings (SSSR count). The predicted octanol–water partition coefficient (Wildman–Crippen LogP) is 4.32. The molecule has 156 valence electrons. The summed E-state index contributed by atoms with van der Waals surface area (Å²) in [5, 5.41) is 11.8. The Labute approximate surface area is 168 Å². The van der Waals surface area contributed by atoms with Crippen LogP contribution >= 0.6 is 0 Å². The second kappa shape index (κ2) is 13.7. The van der Waals surface area contributed by atoms with Crippen molar-refractivity contribution in [3.63, 3.8) is 0 Å². The van der Waals surface area contributed by atoms with E-state index < -0.39 is 17.8 Å². The Morgan fingerprint density at radius 2 is 1.54 bits per heavy atom. The first-order valence-corrected chi connectivity index (χ1v) is 10.4. The summed E-state index contributed by atoms with van der Waals surface area (Å²) in [5.41, 5.74) is 0.601. The molecule has 2 N–H and O–H groups in total. The molecule has 0 aromatic heterocycles. The third-order valence-corrected chi connectivity index (χ3v) is 4.68. The average molecular weight is 391 g/mol. The molecule has 0 aliphatic heterocycles. The molecule has 1 unspecified atom stereocenters. The Balaban J connectivity index is 2.90. The summed E-state index contributed by atoms with van der Waals surface area (Å²) in [6, 6.07) is 8.93. The van der Waals surface area contributed by atoms with Crippen molar-refractivity contribution < 1.29 is 19.5 Å². The zero-order chi connectivity index (χ0) is 20.8. The van der Waals surface area contributed by atoms with Gasteiger partial charge in [0.25, 0.3) is 0 Å². The van der Waals surface area contributed by atoms with Gasteiger partial charge >= 0.3 is 5.97 Å². The fraction of sp³-hybridized carbons (Fsp3) is 0.591. The number of rotatable bonds is 14. The van der Waals surface area contributed by atoms with Crippen molar-refractivity contribution in [1.82, 2.24) is 4.90 Å². The first-order valence-electron chi connectivity index (χ1n) is 10.4. The molecule has 0 heterocycles. The molecule has 0 radical (unpaired) electrons. The van der Waals surface area contributed by atoms with Crippen molar-refractivity contribution in [1.29, 1.82) is 0 Å². The van der Waals surface area contributed by atoms with E-state index >= 15 is 0 Å². The molecular weight excluding hydrogens is 356 g/mol. The summed E-state index contributed by atoms with van der Waals surface area (Å²) < 4.78 is 0. The minimum Gasteiger partial charge on any atom is -0.481 e. The number of carboxylic acid groups (broad SMARTS) is 1. The normalized spacial score (nSPS) is 11.6. The summed E-state index contributed by atoms with van der Waals surface area (Å²) in [5.74, 6) is -2.69. The van der Waals surface area contributed by atoms with Crippen LogP contribution in [-0.2, 0) is 14.4 Å². The molecule has 6 heteroatoms.